The van der Waals surface area contributed by atoms with E-state index in [0.29, 0.717) is 18.2 Å². The lowest BCUT2D eigenvalue weighted by molar-refractivity contribution is 0.0992. The zero-order valence-corrected chi connectivity index (χ0v) is 14.8. The van der Waals surface area contributed by atoms with Gasteiger partial charge >= 0.3 is 0 Å². The molecule has 0 spiro atoms. The van der Waals surface area contributed by atoms with E-state index in [-0.39, 0.29) is 0 Å². The van der Waals surface area contributed by atoms with Gasteiger partial charge in [-0.25, -0.2) is 0 Å². The van der Waals surface area contributed by atoms with Crippen LogP contribution in [-0.2, 0) is 4.74 Å². The Bertz CT molecular complexity index is 394. The molecule has 2 N–H and O–H groups in total. The molecule has 0 amide bonds. The van der Waals surface area contributed by atoms with Gasteiger partial charge in [0.05, 0.1) is 24.8 Å². The molecule has 3 heterocycles. The number of fused-ring (bicyclic) bond motifs is 2. The fraction of sp³-hybridized carbons (Fsp3) is 0.941. The Morgan fingerprint density at radius 3 is 2.52 bits per heavy atom. The first-order chi connectivity index (χ1) is 11.3. The molecular weight excluding hydrogens is 290 g/mol. The highest BCUT2D eigenvalue weighted by Crippen LogP contribution is 2.34. The van der Waals surface area contributed by atoms with Crippen molar-refractivity contribution in [3.05, 3.63) is 0 Å². The molecule has 6 nitrogen and oxygen atoms in total. The van der Waals surface area contributed by atoms with E-state index in [2.05, 4.69) is 34.3 Å². The van der Waals surface area contributed by atoms with E-state index >= 15 is 0 Å². The van der Waals surface area contributed by atoms with Crippen LogP contribution in [-0.4, -0.2) is 86.4 Å². The Morgan fingerprint density at radius 2 is 1.91 bits per heavy atom. The lowest BCUT2D eigenvalue weighted by Gasteiger charge is -2.33. The normalized spacial score (nSPS) is 32.4. The molecule has 0 aromatic heterocycles. The lowest BCUT2D eigenvalue weighted by Crippen LogP contribution is -2.48. The summed E-state index contributed by atoms with van der Waals surface area (Å²) in [5, 5.41) is 6.97. The minimum atomic E-state index is 0.394. The van der Waals surface area contributed by atoms with Crippen LogP contribution in [0, 0.1) is 0 Å². The summed E-state index contributed by atoms with van der Waals surface area (Å²) in [6, 6.07) is 0.444. The summed E-state index contributed by atoms with van der Waals surface area (Å²) in [7, 11) is 0. The second-order valence-electron chi connectivity index (χ2n) is 6.90. The van der Waals surface area contributed by atoms with Gasteiger partial charge in [0.15, 0.2) is 5.96 Å². The monoisotopic (exact) mass is 323 g/mol. The van der Waals surface area contributed by atoms with Crippen LogP contribution in [0.3, 0.4) is 0 Å². The highest BCUT2D eigenvalue weighted by atomic mass is 16.5. The third-order valence-corrected chi connectivity index (χ3v) is 5.37. The Kier molecular flexibility index (Phi) is 6.14. The van der Waals surface area contributed by atoms with Crippen molar-refractivity contribution in [2.24, 2.45) is 4.99 Å². The second kappa shape index (κ2) is 8.31. The summed E-state index contributed by atoms with van der Waals surface area (Å²) in [5.74, 6) is 0.959. The molecule has 0 aliphatic carbocycles. The molecule has 2 bridgehead atoms. The van der Waals surface area contributed by atoms with Crippen molar-refractivity contribution in [2.45, 2.75) is 51.4 Å². The summed E-state index contributed by atoms with van der Waals surface area (Å²) < 4.78 is 5.93. The summed E-state index contributed by atoms with van der Waals surface area (Å²) in [5.41, 5.74) is 0. The van der Waals surface area contributed by atoms with Crippen molar-refractivity contribution >= 4 is 5.96 Å². The third kappa shape index (κ3) is 4.58. The zero-order chi connectivity index (χ0) is 16.1. The van der Waals surface area contributed by atoms with Gasteiger partial charge in [-0.1, -0.05) is 6.92 Å². The van der Waals surface area contributed by atoms with Crippen molar-refractivity contribution in [3.8, 4) is 0 Å². The van der Waals surface area contributed by atoms with Crippen LogP contribution in [0.5, 0.6) is 0 Å². The quantitative estimate of drug-likeness (QED) is 0.551. The van der Waals surface area contributed by atoms with E-state index in [4.69, 9.17) is 9.73 Å². The Hall–Kier alpha value is -0.850. The molecule has 6 heteroatoms. The molecule has 3 unspecified atom stereocenters. The molecule has 132 valence electrons. The minimum Gasteiger partial charge on any atom is -0.373 e. The van der Waals surface area contributed by atoms with Gasteiger partial charge in [-0.3, -0.25) is 9.89 Å². The number of nitrogens with one attached hydrogen (secondary N) is 2. The molecule has 0 radical (unpaired) electrons. The smallest absolute Gasteiger partial charge is 0.191 e. The van der Waals surface area contributed by atoms with E-state index in [9.17, 15) is 0 Å². The first-order valence-corrected chi connectivity index (χ1v) is 9.43. The maximum atomic E-state index is 5.93. The predicted octanol–water partition coefficient (Wildman–Crippen LogP) is 0.499. The number of hydrogen-bond donors (Lipinski definition) is 2. The first kappa shape index (κ1) is 17.0. The van der Waals surface area contributed by atoms with Gasteiger partial charge in [0.25, 0.3) is 0 Å². The molecule has 3 saturated heterocycles. The third-order valence-electron chi connectivity index (χ3n) is 5.37. The fourth-order valence-corrected chi connectivity index (χ4v) is 3.92. The number of nitrogens with zero attached hydrogens (tertiary/aromatic N) is 3. The van der Waals surface area contributed by atoms with Crippen LogP contribution in [0.2, 0.25) is 0 Å². The van der Waals surface area contributed by atoms with Gasteiger partial charge in [0.2, 0.25) is 0 Å². The largest absolute Gasteiger partial charge is 0.373 e. The Balaban J connectivity index is 1.42. The predicted molar refractivity (Wildman–Crippen MR) is 94.0 cm³/mol. The fourth-order valence-electron chi connectivity index (χ4n) is 3.92. The maximum Gasteiger partial charge on any atom is 0.191 e. The van der Waals surface area contributed by atoms with Gasteiger partial charge in [-0.2, -0.15) is 0 Å². The minimum absolute atomic E-state index is 0.394. The molecule has 3 atom stereocenters. The number of aliphatic imine (C=N–C) groups is 1. The van der Waals surface area contributed by atoms with Crippen LogP contribution < -0.4 is 10.6 Å². The van der Waals surface area contributed by atoms with Gasteiger partial charge in [-0.15, -0.1) is 0 Å². The highest BCUT2D eigenvalue weighted by molar-refractivity contribution is 5.80. The van der Waals surface area contributed by atoms with Gasteiger partial charge < -0.3 is 20.3 Å². The molecule has 3 aliphatic rings. The van der Waals surface area contributed by atoms with Crippen LogP contribution in [0.15, 0.2) is 4.99 Å². The number of ether oxygens (including phenoxy) is 1. The SMILES string of the molecule is CCNC(=NCCN1CCN(CC)CC1)NC1CC2CCC1O2. The van der Waals surface area contributed by atoms with Crippen LogP contribution in [0.4, 0.5) is 0 Å². The van der Waals surface area contributed by atoms with Crippen LogP contribution in [0.25, 0.3) is 0 Å². The standard InChI is InChI=1S/C17H33N5O/c1-3-18-17(20-15-13-14-5-6-16(15)23-14)19-7-8-22-11-9-21(4-2)10-12-22/h14-16H,3-13H2,1-2H3,(H2,18,19,20). The number of hydrogen-bond acceptors (Lipinski definition) is 4. The van der Waals surface area contributed by atoms with E-state index in [1.165, 1.54) is 45.6 Å². The molecule has 0 aromatic carbocycles. The molecule has 23 heavy (non-hydrogen) atoms. The summed E-state index contributed by atoms with van der Waals surface area (Å²) >= 11 is 0. The molecule has 0 saturated carbocycles. The highest BCUT2D eigenvalue weighted by Gasteiger charge is 2.41. The van der Waals surface area contributed by atoms with Crippen LogP contribution >= 0.6 is 0 Å². The molecule has 0 aromatic rings. The van der Waals surface area contributed by atoms with Crippen LogP contribution in [0.1, 0.15) is 33.1 Å². The van der Waals surface area contributed by atoms with E-state index < -0.39 is 0 Å². The zero-order valence-electron chi connectivity index (χ0n) is 14.8. The second-order valence-corrected chi connectivity index (χ2v) is 6.90. The van der Waals surface area contributed by atoms with Crippen molar-refractivity contribution in [1.29, 1.82) is 0 Å². The number of guanidine groups is 1. The maximum absolute atomic E-state index is 5.93. The summed E-state index contributed by atoms with van der Waals surface area (Å²) in [6.07, 6.45) is 4.44. The number of rotatable bonds is 6. The van der Waals surface area contributed by atoms with Gasteiger partial charge in [0, 0.05) is 39.3 Å². The Labute approximate surface area is 140 Å². The molecular formula is C17H33N5O. The average Bonchev–Trinajstić information content (AvgIpc) is 3.18. The Morgan fingerprint density at radius 1 is 1.13 bits per heavy atom. The average molecular weight is 323 g/mol. The molecule has 3 fully saturated rings. The number of likely N-dealkylation sites (N-methyl/N-ethyl adjacent to an activating group) is 1. The molecule has 3 rings (SSSR count). The lowest BCUT2D eigenvalue weighted by atomic mass is 9.96. The van der Waals surface area contributed by atoms with Gasteiger partial charge in [-0.05, 0) is 32.7 Å². The van der Waals surface area contributed by atoms with E-state index in [0.717, 1.165) is 32.0 Å². The van der Waals surface area contributed by atoms with Crippen molar-refractivity contribution in [3.63, 3.8) is 0 Å². The van der Waals surface area contributed by atoms with Crippen molar-refractivity contribution in [2.75, 3.05) is 52.4 Å². The van der Waals surface area contributed by atoms with Crippen molar-refractivity contribution < 1.29 is 4.74 Å². The molecule has 3 aliphatic heterocycles. The van der Waals surface area contributed by atoms with Gasteiger partial charge in [0.1, 0.15) is 0 Å². The summed E-state index contributed by atoms with van der Waals surface area (Å²) in [6.45, 7) is 13.1. The van der Waals surface area contributed by atoms with Crippen molar-refractivity contribution in [1.82, 2.24) is 20.4 Å². The number of piperazine rings is 1. The summed E-state index contributed by atoms with van der Waals surface area (Å²) in [4.78, 5) is 9.82. The topological polar surface area (TPSA) is 52.1 Å². The first-order valence-electron chi connectivity index (χ1n) is 9.43. The van der Waals surface area contributed by atoms with E-state index in [1.807, 2.05) is 0 Å². The van der Waals surface area contributed by atoms with E-state index in [1.54, 1.807) is 0 Å².